The predicted octanol–water partition coefficient (Wildman–Crippen LogP) is 5.30. The first kappa shape index (κ1) is 16.3. The van der Waals surface area contributed by atoms with Gasteiger partial charge in [0.15, 0.2) is 6.10 Å². The minimum atomic E-state index is -0.208. The van der Waals surface area contributed by atoms with E-state index in [9.17, 15) is 0 Å². The first-order valence-electron chi connectivity index (χ1n) is 7.70. The lowest BCUT2D eigenvalue weighted by atomic mass is 9.98. The largest absolute Gasteiger partial charge is 0.491 e. The van der Waals surface area contributed by atoms with Gasteiger partial charge in [-0.15, -0.1) is 0 Å². The second kappa shape index (κ2) is 8.40. The monoisotopic (exact) mass is 296 g/mol. The predicted molar refractivity (Wildman–Crippen MR) is 90.4 cm³/mol. The molecule has 2 nitrogen and oxygen atoms in total. The molecule has 0 N–H and O–H groups in total. The zero-order chi connectivity index (χ0) is 15.8. The van der Waals surface area contributed by atoms with Crippen LogP contribution in [0.5, 0.6) is 0 Å². The standard InChI is InChI=1S/C20H24O2/c1-4-21-19(17-11-7-5-8-12-17)20(22-15-16(2)3)18-13-9-6-10-14-18/h4-14,16,19-20H,1,15H2,2-3H3/t19-,20+/m0/s1. The molecule has 0 aliphatic heterocycles. The summed E-state index contributed by atoms with van der Waals surface area (Å²) in [5.41, 5.74) is 2.19. The van der Waals surface area contributed by atoms with Crippen LogP contribution in [0.3, 0.4) is 0 Å². The number of ether oxygens (including phenoxy) is 2. The fraction of sp³-hybridized carbons (Fsp3) is 0.300. The molecule has 0 saturated carbocycles. The van der Waals surface area contributed by atoms with Gasteiger partial charge in [-0.3, -0.25) is 0 Å². The highest BCUT2D eigenvalue weighted by molar-refractivity contribution is 5.25. The van der Waals surface area contributed by atoms with Crippen molar-refractivity contribution >= 4 is 0 Å². The lowest BCUT2D eigenvalue weighted by Gasteiger charge is -2.28. The van der Waals surface area contributed by atoms with Crippen LogP contribution in [-0.2, 0) is 9.47 Å². The second-order valence-electron chi connectivity index (χ2n) is 5.69. The van der Waals surface area contributed by atoms with Gasteiger partial charge >= 0.3 is 0 Å². The molecule has 0 aromatic heterocycles. The summed E-state index contributed by atoms with van der Waals surface area (Å²) in [4.78, 5) is 0. The van der Waals surface area contributed by atoms with Crippen LogP contribution >= 0.6 is 0 Å². The van der Waals surface area contributed by atoms with Gasteiger partial charge in [0.2, 0.25) is 0 Å². The summed E-state index contributed by atoms with van der Waals surface area (Å²) in [6.45, 7) is 8.70. The molecule has 0 spiro atoms. The molecule has 0 aliphatic rings. The van der Waals surface area contributed by atoms with Crippen LogP contribution in [0.25, 0.3) is 0 Å². The smallest absolute Gasteiger partial charge is 0.153 e. The first-order valence-corrected chi connectivity index (χ1v) is 7.70. The van der Waals surface area contributed by atoms with Crippen LogP contribution in [0.1, 0.15) is 37.2 Å². The van der Waals surface area contributed by atoms with Crippen molar-refractivity contribution in [1.82, 2.24) is 0 Å². The number of benzene rings is 2. The Morgan fingerprint density at radius 3 is 1.82 bits per heavy atom. The third-order valence-corrected chi connectivity index (χ3v) is 3.38. The molecular weight excluding hydrogens is 272 g/mol. The molecule has 2 heteroatoms. The van der Waals surface area contributed by atoms with Crippen LogP contribution < -0.4 is 0 Å². The van der Waals surface area contributed by atoms with E-state index in [1.54, 1.807) is 0 Å². The topological polar surface area (TPSA) is 18.5 Å². The highest BCUT2D eigenvalue weighted by Gasteiger charge is 2.26. The van der Waals surface area contributed by atoms with Gasteiger partial charge in [0.1, 0.15) is 6.10 Å². The Hall–Kier alpha value is -2.06. The SMILES string of the molecule is C=CO[C@@H](c1ccccc1)[C@H](OCC(C)C)c1ccccc1. The van der Waals surface area contributed by atoms with Gasteiger partial charge in [0, 0.05) is 6.61 Å². The molecule has 2 aromatic rings. The van der Waals surface area contributed by atoms with Crippen LogP contribution in [-0.4, -0.2) is 6.61 Å². The molecule has 2 atom stereocenters. The van der Waals surface area contributed by atoms with Crippen molar-refractivity contribution in [3.63, 3.8) is 0 Å². The van der Waals surface area contributed by atoms with Crippen LogP contribution in [0, 0.1) is 5.92 Å². The average Bonchev–Trinajstić information content (AvgIpc) is 2.55. The zero-order valence-corrected chi connectivity index (χ0v) is 13.3. The number of hydrogen-bond acceptors (Lipinski definition) is 2. The molecule has 2 rings (SSSR count). The lowest BCUT2D eigenvalue weighted by molar-refractivity contribution is -0.0554. The maximum atomic E-state index is 6.19. The van der Waals surface area contributed by atoms with Gasteiger partial charge in [0.25, 0.3) is 0 Å². The highest BCUT2D eigenvalue weighted by atomic mass is 16.5. The molecular formula is C20H24O2. The van der Waals surface area contributed by atoms with Crippen molar-refractivity contribution in [3.05, 3.63) is 84.6 Å². The van der Waals surface area contributed by atoms with E-state index < -0.39 is 0 Å². The van der Waals surface area contributed by atoms with Crippen molar-refractivity contribution < 1.29 is 9.47 Å². The summed E-state index contributed by atoms with van der Waals surface area (Å²) in [5.74, 6) is 0.464. The highest BCUT2D eigenvalue weighted by Crippen LogP contribution is 2.35. The van der Waals surface area contributed by atoms with E-state index >= 15 is 0 Å². The molecule has 0 unspecified atom stereocenters. The molecule has 0 heterocycles. The Balaban J connectivity index is 2.33. The quantitative estimate of drug-likeness (QED) is 0.615. The minimum Gasteiger partial charge on any atom is -0.491 e. The molecule has 0 saturated heterocycles. The van der Waals surface area contributed by atoms with Crippen LogP contribution in [0.15, 0.2) is 73.5 Å². The molecule has 0 bridgehead atoms. The molecule has 2 aromatic carbocycles. The summed E-state index contributed by atoms with van der Waals surface area (Å²) in [7, 11) is 0. The summed E-state index contributed by atoms with van der Waals surface area (Å²) in [6.07, 6.45) is 1.12. The number of rotatable bonds is 8. The van der Waals surface area contributed by atoms with Gasteiger partial charge in [-0.05, 0) is 17.0 Å². The van der Waals surface area contributed by atoms with E-state index in [-0.39, 0.29) is 12.2 Å². The Bertz CT molecular complexity index is 548. The van der Waals surface area contributed by atoms with E-state index in [1.165, 1.54) is 6.26 Å². The van der Waals surface area contributed by atoms with E-state index in [4.69, 9.17) is 9.47 Å². The van der Waals surface area contributed by atoms with E-state index in [1.807, 2.05) is 36.4 Å². The third kappa shape index (κ3) is 4.47. The van der Waals surface area contributed by atoms with Crippen molar-refractivity contribution in [2.45, 2.75) is 26.1 Å². The van der Waals surface area contributed by atoms with E-state index in [2.05, 4.69) is 44.7 Å². The summed E-state index contributed by atoms with van der Waals surface area (Å²) in [5, 5.41) is 0. The van der Waals surface area contributed by atoms with E-state index in [0.29, 0.717) is 12.5 Å². The maximum Gasteiger partial charge on any atom is 0.153 e. The van der Waals surface area contributed by atoms with Gasteiger partial charge in [-0.25, -0.2) is 0 Å². The molecule has 0 fully saturated rings. The summed E-state index contributed by atoms with van der Waals surface area (Å²) >= 11 is 0. The minimum absolute atomic E-state index is 0.163. The molecule has 22 heavy (non-hydrogen) atoms. The van der Waals surface area contributed by atoms with Crippen LogP contribution in [0.4, 0.5) is 0 Å². The lowest BCUT2D eigenvalue weighted by Crippen LogP contribution is -2.18. The van der Waals surface area contributed by atoms with Crippen molar-refractivity contribution in [2.75, 3.05) is 6.61 Å². The average molecular weight is 296 g/mol. The first-order chi connectivity index (χ1) is 10.7. The Morgan fingerprint density at radius 1 is 0.864 bits per heavy atom. The van der Waals surface area contributed by atoms with Gasteiger partial charge < -0.3 is 9.47 Å². The number of hydrogen-bond donors (Lipinski definition) is 0. The normalized spacial score (nSPS) is 13.6. The van der Waals surface area contributed by atoms with Crippen LogP contribution in [0.2, 0.25) is 0 Å². The van der Waals surface area contributed by atoms with Gasteiger partial charge in [-0.2, -0.15) is 0 Å². The van der Waals surface area contributed by atoms with Gasteiger partial charge in [0.05, 0.1) is 6.26 Å². The molecule has 116 valence electrons. The third-order valence-electron chi connectivity index (χ3n) is 3.38. The fourth-order valence-corrected chi connectivity index (χ4v) is 2.37. The summed E-state index contributed by atoms with van der Waals surface area (Å²) in [6, 6.07) is 20.4. The maximum absolute atomic E-state index is 6.19. The van der Waals surface area contributed by atoms with Crippen molar-refractivity contribution in [3.8, 4) is 0 Å². The van der Waals surface area contributed by atoms with Crippen molar-refractivity contribution in [1.29, 1.82) is 0 Å². The van der Waals surface area contributed by atoms with Gasteiger partial charge in [-0.1, -0.05) is 81.1 Å². The molecule has 0 amide bonds. The molecule has 0 radical (unpaired) electrons. The van der Waals surface area contributed by atoms with Crippen molar-refractivity contribution in [2.24, 2.45) is 5.92 Å². The zero-order valence-electron chi connectivity index (χ0n) is 13.3. The summed E-state index contributed by atoms with van der Waals surface area (Å²) < 4.78 is 12.0. The second-order valence-corrected chi connectivity index (χ2v) is 5.69. The Labute approximate surface area is 133 Å². The fourth-order valence-electron chi connectivity index (χ4n) is 2.37. The van der Waals surface area contributed by atoms with E-state index in [0.717, 1.165) is 11.1 Å². The Kier molecular flexibility index (Phi) is 6.23. The molecule has 0 aliphatic carbocycles. The Morgan fingerprint density at radius 2 is 1.36 bits per heavy atom.